The minimum Gasteiger partial charge on any atom is -0.378 e. The lowest BCUT2D eigenvalue weighted by molar-refractivity contribution is 0.0985. The molecule has 0 bridgehead atoms. The molecule has 4 rings (SSSR count). The number of benzene rings is 3. The zero-order valence-corrected chi connectivity index (χ0v) is 18.5. The molecule has 4 aromatic rings. The first kappa shape index (κ1) is 20.1. The third kappa shape index (κ3) is 3.94. The number of nitrogens with zero attached hydrogens (tertiary/aromatic N) is 3. The zero-order chi connectivity index (χ0) is 21.3. The van der Waals surface area contributed by atoms with Gasteiger partial charge in [0.1, 0.15) is 0 Å². The van der Waals surface area contributed by atoms with E-state index in [2.05, 4.69) is 26.0 Å². The van der Waals surface area contributed by atoms with E-state index in [9.17, 15) is 4.79 Å². The van der Waals surface area contributed by atoms with Gasteiger partial charge in [0.25, 0.3) is 5.91 Å². The number of thiazole rings is 1. The number of fused-ring (bicyclic) bond motifs is 1. The number of hydrogen-bond acceptors (Lipinski definition) is 4. The van der Waals surface area contributed by atoms with Crippen molar-refractivity contribution in [1.29, 1.82) is 0 Å². The largest absolute Gasteiger partial charge is 0.378 e. The van der Waals surface area contributed by atoms with Crippen LogP contribution in [0.5, 0.6) is 0 Å². The third-order valence-corrected chi connectivity index (χ3v) is 6.43. The van der Waals surface area contributed by atoms with Gasteiger partial charge in [0, 0.05) is 25.3 Å². The van der Waals surface area contributed by atoms with Gasteiger partial charge in [-0.2, -0.15) is 0 Å². The Morgan fingerprint density at radius 1 is 0.900 bits per heavy atom. The summed E-state index contributed by atoms with van der Waals surface area (Å²) in [5.74, 6) is -0.0430. The van der Waals surface area contributed by atoms with E-state index in [1.807, 2.05) is 73.6 Å². The molecule has 4 nitrogen and oxygen atoms in total. The molecule has 30 heavy (non-hydrogen) atoms. The summed E-state index contributed by atoms with van der Waals surface area (Å²) < 4.78 is 1.14. The Morgan fingerprint density at radius 2 is 1.57 bits per heavy atom. The van der Waals surface area contributed by atoms with Crippen LogP contribution in [-0.4, -0.2) is 25.0 Å². The number of amides is 1. The zero-order valence-electron chi connectivity index (χ0n) is 17.7. The maximum atomic E-state index is 13.6. The minimum atomic E-state index is -0.0430. The van der Waals surface area contributed by atoms with Crippen LogP contribution in [-0.2, 0) is 6.54 Å². The third-order valence-electron chi connectivity index (χ3n) is 5.22. The summed E-state index contributed by atoms with van der Waals surface area (Å²) in [5.41, 5.74) is 6.08. The van der Waals surface area contributed by atoms with E-state index >= 15 is 0 Å². The van der Waals surface area contributed by atoms with Crippen molar-refractivity contribution in [3.05, 3.63) is 89.0 Å². The lowest BCUT2D eigenvalue weighted by Crippen LogP contribution is -2.30. The average molecular weight is 416 g/mol. The average Bonchev–Trinajstić information content (AvgIpc) is 3.21. The Labute approximate surface area is 181 Å². The number of aromatic nitrogens is 1. The van der Waals surface area contributed by atoms with Crippen molar-refractivity contribution < 1.29 is 4.79 Å². The monoisotopic (exact) mass is 415 g/mol. The van der Waals surface area contributed by atoms with E-state index < -0.39 is 0 Å². The Morgan fingerprint density at radius 3 is 2.20 bits per heavy atom. The molecule has 3 aromatic carbocycles. The molecule has 0 aliphatic heterocycles. The first-order chi connectivity index (χ1) is 14.4. The molecule has 0 spiro atoms. The molecule has 5 heteroatoms. The van der Waals surface area contributed by atoms with Crippen molar-refractivity contribution in [1.82, 2.24) is 4.98 Å². The molecule has 1 aromatic heterocycles. The van der Waals surface area contributed by atoms with Crippen molar-refractivity contribution in [2.45, 2.75) is 20.4 Å². The predicted molar refractivity (Wildman–Crippen MR) is 127 cm³/mol. The molecule has 0 aliphatic rings. The van der Waals surface area contributed by atoms with E-state index in [0.29, 0.717) is 12.1 Å². The second-order valence-corrected chi connectivity index (χ2v) is 8.67. The van der Waals surface area contributed by atoms with Crippen LogP contribution in [0, 0.1) is 13.8 Å². The molecule has 0 radical (unpaired) electrons. The standard InChI is InChI=1S/C25H25N3OS/c1-17-10-11-18(2)23-22(17)26-25(30-23)28(16-19-8-6-5-7-9-19)24(29)20-12-14-21(15-13-20)27(3)4/h5-15H,16H2,1-4H3. The van der Waals surface area contributed by atoms with Crippen LogP contribution >= 0.6 is 11.3 Å². The SMILES string of the molecule is Cc1ccc(C)c2sc(N(Cc3ccccc3)C(=O)c3ccc(N(C)C)cc3)nc12. The van der Waals surface area contributed by atoms with Crippen LogP contribution < -0.4 is 9.80 Å². The van der Waals surface area contributed by atoms with Gasteiger partial charge in [0.15, 0.2) is 5.13 Å². The first-order valence-corrected chi connectivity index (χ1v) is 10.8. The highest BCUT2D eigenvalue weighted by molar-refractivity contribution is 7.22. The quantitative estimate of drug-likeness (QED) is 0.412. The Hall–Kier alpha value is -3.18. The summed E-state index contributed by atoms with van der Waals surface area (Å²) in [5, 5.41) is 0.730. The fourth-order valence-corrected chi connectivity index (χ4v) is 4.52. The number of aryl methyl sites for hydroxylation is 2. The Bertz CT molecular complexity index is 1140. The number of rotatable bonds is 5. The molecule has 1 heterocycles. The van der Waals surface area contributed by atoms with E-state index in [0.717, 1.165) is 32.2 Å². The van der Waals surface area contributed by atoms with Gasteiger partial charge in [-0.15, -0.1) is 0 Å². The predicted octanol–water partition coefficient (Wildman–Crippen LogP) is 5.83. The van der Waals surface area contributed by atoms with Gasteiger partial charge < -0.3 is 4.90 Å². The Kier molecular flexibility index (Phi) is 5.55. The highest BCUT2D eigenvalue weighted by Crippen LogP contribution is 2.34. The van der Waals surface area contributed by atoms with Crippen molar-refractivity contribution in [2.24, 2.45) is 0 Å². The molecule has 0 unspecified atom stereocenters. The molecule has 0 aliphatic carbocycles. The van der Waals surface area contributed by atoms with Gasteiger partial charge in [-0.05, 0) is 54.8 Å². The lowest BCUT2D eigenvalue weighted by atomic mass is 10.1. The molecule has 152 valence electrons. The Balaban J connectivity index is 1.77. The van der Waals surface area contributed by atoms with Gasteiger partial charge in [-0.25, -0.2) is 4.98 Å². The van der Waals surface area contributed by atoms with Crippen LogP contribution in [0.15, 0.2) is 66.7 Å². The summed E-state index contributed by atoms with van der Waals surface area (Å²) in [6.45, 7) is 4.63. The molecule has 0 saturated heterocycles. The fourth-order valence-electron chi connectivity index (χ4n) is 3.41. The van der Waals surface area contributed by atoms with Crippen LogP contribution in [0.2, 0.25) is 0 Å². The highest BCUT2D eigenvalue weighted by Gasteiger charge is 2.22. The maximum absolute atomic E-state index is 13.6. The van der Waals surface area contributed by atoms with Gasteiger partial charge >= 0.3 is 0 Å². The summed E-state index contributed by atoms with van der Waals surface area (Å²) in [7, 11) is 3.98. The molecule has 0 saturated carbocycles. The maximum Gasteiger partial charge on any atom is 0.260 e. The number of carbonyl (C=O) groups is 1. The first-order valence-electron chi connectivity index (χ1n) is 9.94. The van der Waals surface area contributed by atoms with E-state index in [1.165, 1.54) is 5.56 Å². The van der Waals surface area contributed by atoms with Crippen molar-refractivity contribution in [2.75, 3.05) is 23.9 Å². The van der Waals surface area contributed by atoms with Crippen LogP contribution in [0.4, 0.5) is 10.8 Å². The molecule has 0 atom stereocenters. The van der Waals surface area contributed by atoms with E-state index in [1.54, 1.807) is 16.2 Å². The van der Waals surface area contributed by atoms with Crippen LogP contribution in [0.3, 0.4) is 0 Å². The van der Waals surface area contributed by atoms with E-state index in [-0.39, 0.29) is 5.91 Å². The molecular formula is C25H25N3OS. The molecule has 0 fully saturated rings. The fraction of sp³-hybridized carbons (Fsp3) is 0.200. The summed E-state index contributed by atoms with van der Waals surface area (Å²) in [6, 6.07) is 22.0. The number of hydrogen-bond donors (Lipinski definition) is 0. The summed E-state index contributed by atoms with van der Waals surface area (Å²) in [6.07, 6.45) is 0. The van der Waals surface area contributed by atoms with Gasteiger partial charge in [-0.1, -0.05) is 53.8 Å². The van der Waals surface area contributed by atoms with Gasteiger partial charge in [-0.3, -0.25) is 9.69 Å². The van der Waals surface area contributed by atoms with Crippen molar-refractivity contribution in [3.8, 4) is 0 Å². The highest BCUT2D eigenvalue weighted by atomic mass is 32.1. The second-order valence-electron chi connectivity index (χ2n) is 7.69. The normalized spacial score (nSPS) is 10.9. The van der Waals surface area contributed by atoms with E-state index in [4.69, 9.17) is 4.98 Å². The molecule has 0 N–H and O–H groups in total. The minimum absolute atomic E-state index is 0.0430. The number of carbonyl (C=O) groups excluding carboxylic acids is 1. The summed E-state index contributed by atoms with van der Waals surface area (Å²) in [4.78, 5) is 22.3. The summed E-state index contributed by atoms with van der Waals surface area (Å²) >= 11 is 1.58. The molecule has 1 amide bonds. The van der Waals surface area contributed by atoms with Gasteiger partial charge in [0.05, 0.1) is 16.8 Å². The van der Waals surface area contributed by atoms with Crippen LogP contribution in [0.1, 0.15) is 27.0 Å². The second kappa shape index (κ2) is 8.28. The smallest absolute Gasteiger partial charge is 0.260 e. The van der Waals surface area contributed by atoms with Gasteiger partial charge in [0.2, 0.25) is 0 Å². The van der Waals surface area contributed by atoms with Crippen molar-refractivity contribution >= 4 is 38.3 Å². The van der Waals surface area contributed by atoms with Crippen molar-refractivity contribution in [3.63, 3.8) is 0 Å². The topological polar surface area (TPSA) is 36.4 Å². The lowest BCUT2D eigenvalue weighted by Gasteiger charge is -2.21. The number of anilines is 2. The molecular weight excluding hydrogens is 390 g/mol. The van der Waals surface area contributed by atoms with Crippen LogP contribution in [0.25, 0.3) is 10.2 Å².